The van der Waals surface area contributed by atoms with Gasteiger partial charge in [-0.2, -0.15) is 5.10 Å². The Kier molecular flexibility index (Phi) is 3.37. The fourth-order valence-corrected chi connectivity index (χ4v) is 3.52. The normalized spacial score (nSPS) is 32.7. The molecule has 1 aromatic heterocycles. The van der Waals surface area contributed by atoms with Gasteiger partial charge in [-0.15, -0.1) is 0 Å². The second-order valence-electron chi connectivity index (χ2n) is 6.19. The molecule has 5 nitrogen and oxygen atoms in total. The minimum Gasteiger partial charge on any atom is -0.392 e. The number of aliphatic hydroxyl groups excluding tert-OH is 1. The van der Waals surface area contributed by atoms with Gasteiger partial charge in [-0.1, -0.05) is 0 Å². The van der Waals surface area contributed by atoms with Crippen LogP contribution in [0.4, 0.5) is 0 Å². The lowest BCUT2D eigenvalue weighted by Crippen LogP contribution is -2.54. The number of fused-ring (bicyclic) bond motifs is 1. The van der Waals surface area contributed by atoms with Gasteiger partial charge in [0, 0.05) is 57.1 Å². The van der Waals surface area contributed by atoms with Crippen molar-refractivity contribution in [2.45, 2.75) is 45.0 Å². The highest BCUT2D eigenvalue weighted by molar-refractivity contribution is 5.15. The van der Waals surface area contributed by atoms with E-state index in [1.807, 2.05) is 11.7 Å². The Balaban J connectivity index is 1.69. The molecular formula is C14H24N4O. The smallest absolute Gasteiger partial charge is 0.0682 e. The lowest BCUT2D eigenvalue weighted by molar-refractivity contribution is 0.0527. The van der Waals surface area contributed by atoms with Crippen LogP contribution in [0.25, 0.3) is 0 Å². The molecule has 1 aromatic rings. The van der Waals surface area contributed by atoms with Crippen LogP contribution in [0.2, 0.25) is 0 Å². The Bertz CT molecular complexity index is 458. The van der Waals surface area contributed by atoms with Crippen molar-refractivity contribution >= 4 is 0 Å². The molecule has 0 bridgehead atoms. The second-order valence-corrected chi connectivity index (χ2v) is 6.19. The molecule has 0 amide bonds. The Morgan fingerprint density at radius 3 is 2.84 bits per heavy atom. The van der Waals surface area contributed by atoms with Gasteiger partial charge < -0.3 is 5.11 Å². The number of aliphatic hydroxyl groups is 1. The first-order chi connectivity index (χ1) is 9.02. The van der Waals surface area contributed by atoms with E-state index in [0.717, 1.165) is 38.3 Å². The maximum Gasteiger partial charge on any atom is 0.0682 e. The molecule has 3 heterocycles. The number of aromatic nitrogens is 2. The average molecular weight is 264 g/mol. The highest BCUT2D eigenvalue weighted by atomic mass is 16.3. The molecule has 0 aliphatic carbocycles. The van der Waals surface area contributed by atoms with Gasteiger partial charge in [-0.05, 0) is 20.3 Å². The molecule has 1 unspecified atom stereocenters. The number of aryl methyl sites for hydroxylation is 2. The topological polar surface area (TPSA) is 44.5 Å². The van der Waals surface area contributed by atoms with Crippen LogP contribution in [0.15, 0.2) is 6.20 Å². The van der Waals surface area contributed by atoms with E-state index in [2.05, 4.69) is 34.9 Å². The van der Waals surface area contributed by atoms with E-state index in [9.17, 15) is 5.11 Å². The van der Waals surface area contributed by atoms with Gasteiger partial charge in [0.05, 0.1) is 11.8 Å². The van der Waals surface area contributed by atoms with Crippen LogP contribution < -0.4 is 0 Å². The predicted molar refractivity (Wildman–Crippen MR) is 73.8 cm³/mol. The molecular weight excluding hydrogens is 240 g/mol. The zero-order valence-corrected chi connectivity index (χ0v) is 12.1. The molecule has 2 fully saturated rings. The minimum atomic E-state index is -0.128. The molecule has 2 saturated heterocycles. The van der Waals surface area contributed by atoms with Crippen molar-refractivity contribution in [2.24, 2.45) is 7.05 Å². The minimum absolute atomic E-state index is 0.128. The van der Waals surface area contributed by atoms with Crippen molar-refractivity contribution in [1.82, 2.24) is 19.6 Å². The predicted octanol–water partition coefficient (Wildman–Crippen LogP) is 0.368. The van der Waals surface area contributed by atoms with E-state index in [-0.39, 0.29) is 6.10 Å². The number of hydrogen-bond donors (Lipinski definition) is 1. The number of nitrogens with zero attached hydrogens (tertiary/aromatic N) is 4. The Hall–Kier alpha value is -0.910. The second kappa shape index (κ2) is 4.89. The molecule has 1 N–H and O–H groups in total. The lowest BCUT2D eigenvalue weighted by atomic mass is 10.1. The van der Waals surface area contributed by atoms with Crippen molar-refractivity contribution in [1.29, 1.82) is 0 Å². The van der Waals surface area contributed by atoms with Crippen molar-refractivity contribution in [3.05, 3.63) is 17.5 Å². The average Bonchev–Trinajstić information content (AvgIpc) is 2.81. The van der Waals surface area contributed by atoms with Gasteiger partial charge in [0.1, 0.15) is 0 Å². The quantitative estimate of drug-likeness (QED) is 0.838. The van der Waals surface area contributed by atoms with Crippen LogP contribution in [-0.2, 0) is 13.6 Å². The van der Waals surface area contributed by atoms with E-state index in [1.165, 1.54) is 5.56 Å². The Morgan fingerprint density at radius 1 is 1.37 bits per heavy atom. The van der Waals surface area contributed by atoms with Gasteiger partial charge in [0.15, 0.2) is 0 Å². The standard InChI is InChI=1S/C14H24N4O/c1-10-5-18-9-14(19)4-13(18)8-17(10)7-12-6-16(3)15-11(12)2/h6,10,13-14,19H,4-5,7-9H2,1-3H3/t10-,13?,14+/m0/s1. The molecule has 19 heavy (non-hydrogen) atoms. The molecule has 0 aromatic carbocycles. The largest absolute Gasteiger partial charge is 0.392 e. The summed E-state index contributed by atoms with van der Waals surface area (Å²) in [6.07, 6.45) is 2.92. The Labute approximate surface area is 114 Å². The van der Waals surface area contributed by atoms with E-state index >= 15 is 0 Å². The molecule has 0 saturated carbocycles. The molecule has 0 radical (unpaired) electrons. The van der Waals surface area contributed by atoms with Gasteiger partial charge >= 0.3 is 0 Å². The summed E-state index contributed by atoms with van der Waals surface area (Å²) in [6, 6.07) is 1.07. The first kappa shape index (κ1) is 13.1. The first-order valence-electron chi connectivity index (χ1n) is 7.18. The third-order valence-corrected chi connectivity index (χ3v) is 4.56. The first-order valence-corrected chi connectivity index (χ1v) is 7.18. The summed E-state index contributed by atoms with van der Waals surface area (Å²) >= 11 is 0. The molecule has 5 heteroatoms. The summed E-state index contributed by atoms with van der Waals surface area (Å²) in [7, 11) is 1.98. The molecule has 2 aliphatic rings. The van der Waals surface area contributed by atoms with Crippen molar-refractivity contribution in [2.75, 3.05) is 19.6 Å². The number of piperazine rings is 1. The fourth-order valence-electron chi connectivity index (χ4n) is 3.52. The monoisotopic (exact) mass is 264 g/mol. The molecule has 3 rings (SSSR count). The van der Waals surface area contributed by atoms with Gasteiger partial charge in [0.2, 0.25) is 0 Å². The maximum atomic E-state index is 9.80. The van der Waals surface area contributed by atoms with Crippen LogP contribution in [0.1, 0.15) is 24.6 Å². The summed E-state index contributed by atoms with van der Waals surface area (Å²) in [6.45, 7) is 8.33. The van der Waals surface area contributed by atoms with Crippen molar-refractivity contribution < 1.29 is 5.11 Å². The SMILES string of the molecule is Cc1nn(C)cc1CN1CC2C[C@@H](O)CN2C[C@@H]1C. The van der Waals surface area contributed by atoms with Gasteiger partial charge in [0.25, 0.3) is 0 Å². The number of rotatable bonds is 2. The van der Waals surface area contributed by atoms with Crippen LogP contribution in [-0.4, -0.2) is 62.5 Å². The van der Waals surface area contributed by atoms with Crippen LogP contribution in [0, 0.1) is 6.92 Å². The Morgan fingerprint density at radius 2 is 2.16 bits per heavy atom. The van der Waals surface area contributed by atoms with E-state index in [4.69, 9.17) is 0 Å². The summed E-state index contributed by atoms with van der Waals surface area (Å²) < 4.78 is 1.89. The van der Waals surface area contributed by atoms with Crippen molar-refractivity contribution in [3.63, 3.8) is 0 Å². The molecule has 3 atom stereocenters. The maximum absolute atomic E-state index is 9.80. The highest BCUT2D eigenvalue weighted by Crippen LogP contribution is 2.26. The summed E-state index contributed by atoms with van der Waals surface area (Å²) in [5.74, 6) is 0. The third-order valence-electron chi connectivity index (χ3n) is 4.56. The van der Waals surface area contributed by atoms with E-state index in [1.54, 1.807) is 0 Å². The summed E-state index contributed by atoms with van der Waals surface area (Å²) in [5.41, 5.74) is 2.45. The van der Waals surface area contributed by atoms with Gasteiger partial charge in [-0.3, -0.25) is 14.5 Å². The highest BCUT2D eigenvalue weighted by Gasteiger charge is 2.38. The zero-order valence-electron chi connectivity index (χ0n) is 12.1. The molecule has 2 aliphatic heterocycles. The lowest BCUT2D eigenvalue weighted by Gasteiger charge is -2.42. The van der Waals surface area contributed by atoms with Crippen LogP contribution in [0.5, 0.6) is 0 Å². The van der Waals surface area contributed by atoms with Crippen LogP contribution in [0.3, 0.4) is 0 Å². The summed E-state index contributed by atoms with van der Waals surface area (Å²) in [5, 5.41) is 14.2. The van der Waals surface area contributed by atoms with E-state index in [0.29, 0.717) is 12.1 Å². The van der Waals surface area contributed by atoms with Crippen molar-refractivity contribution in [3.8, 4) is 0 Å². The zero-order chi connectivity index (χ0) is 13.6. The van der Waals surface area contributed by atoms with E-state index < -0.39 is 0 Å². The third kappa shape index (κ3) is 2.55. The number of hydrogen-bond acceptors (Lipinski definition) is 4. The molecule has 106 valence electrons. The van der Waals surface area contributed by atoms with Crippen LogP contribution >= 0.6 is 0 Å². The van der Waals surface area contributed by atoms with Gasteiger partial charge in [-0.25, -0.2) is 0 Å². The fraction of sp³-hybridized carbons (Fsp3) is 0.786. The molecule has 0 spiro atoms. The summed E-state index contributed by atoms with van der Waals surface area (Å²) in [4.78, 5) is 4.98.